The second-order valence-corrected chi connectivity index (χ2v) is 9.36. The van der Waals surface area contributed by atoms with E-state index in [9.17, 15) is 14.7 Å². The number of alkyl halides is 1. The topological polar surface area (TPSA) is 120 Å². The van der Waals surface area contributed by atoms with Crippen LogP contribution in [0.25, 0.3) is 11.4 Å². The summed E-state index contributed by atoms with van der Waals surface area (Å²) in [4.78, 5) is 37.6. The number of aromatic amines is 1. The van der Waals surface area contributed by atoms with Gasteiger partial charge < -0.3 is 25.0 Å². The Labute approximate surface area is 207 Å². The molecule has 1 aliphatic heterocycles. The first-order chi connectivity index (χ1) is 16.2. The van der Waals surface area contributed by atoms with E-state index in [4.69, 9.17) is 27.9 Å². The Morgan fingerprint density at radius 1 is 1.32 bits per heavy atom. The van der Waals surface area contributed by atoms with Gasteiger partial charge in [-0.05, 0) is 19.4 Å². The maximum absolute atomic E-state index is 15.0. The maximum Gasteiger partial charge on any atom is 0.348 e. The van der Waals surface area contributed by atoms with Crippen LogP contribution in [0.5, 0.6) is 5.88 Å². The molecule has 0 bridgehead atoms. The molecule has 0 aliphatic carbocycles. The summed E-state index contributed by atoms with van der Waals surface area (Å²) in [5.74, 6) is -1.38. The molecule has 0 saturated carbocycles. The van der Waals surface area contributed by atoms with Gasteiger partial charge in [-0.15, -0.1) is 0 Å². The van der Waals surface area contributed by atoms with E-state index in [0.717, 1.165) is 11.3 Å². The molecule has 1 aliphatic rings. The number of ether oxygens (including phenoxy) is 1. The molecule has 9 nitrogen and oxygen atoms in total. The number of carbonyl (C=O) groups excluding carboxylic acids is 1. The van der Waals surface area contributed by atoms with E-state index in [-0.39, 0.29) is 39.3 Å². The molecule has 13 heteroatoms. The highest BCUT2D eigenvalue weighted by atomic mass is 35.5. The Hall–Kier alpha value is -2.89. The zero-order valence-electron chi connectivity index (χ0n) is 18.1. The van der Waals surface area contributed by atoms with Crippen molar-refractivity contribution >= 4 is 51.5 Å². The van der Waals surface area contributed by atoms with Crippen LogP contribution in [0.3, 0.4) is 0 Å². The molecule has 34 heavy (non-hydrogen) atoms. The quantitative estimate of drug-likeness (QED) is 0.439. The molecule has 1 fully saturated rings. The van der Waals surface area contributed by atoms with E-state index in [2.05, 4.69) is 20.3 Å². The molecule has 0 spiro atoms. The number of aromatic carboxylic acids is 1. The summed E-state index contributed by atoms with van der Waals surface area (Å²) in [5.41, 5.74) is 1.16. The average molecular weight is 528 g/mol. The normalized spacial score (nSPS) is 18.1. The summed E-state index contributed by atoms with van der Waals surface area (Å²) in [6, 6.07) is 4.20. The number of rotatable bonds is 6. The first kappa shape index (κ1) is 24.2. The van der Waals surface area contributed by atoms with E-state index >= 15 is 4.39 Å². The molecule has 1 saturated heterocycles. The van der Waals surface area contributed by atoms with Crippen LogP contribution in [0.4, 0.5) is 9.52 Å². The first-order valence-electron chi connectivity index (χ1n) is 10.2. The molecule has 2 atom stereocenters. The van der Waals surface area contributed by atoms with Crippen LogP contribution in [0.2, 0.25) is 10.0 Å². The van der Waals surface area contributed by atoms with Crippen molar-refractivity contribution < 1.29 is 23.8 Å². The van der Waals surface area contributed by atoms with Gasteiger partial charge in [-0.25, -0.2) is 19.2 Å². The highest BCUT2D eigenvalue weighted by Gasteiger charge is 2.34. The van der Waals surface area contributed by atoms with Gasteiger partial charge in [-0.1, -0.05) is 40.6 Å². The maximum atomic E-state index is 15.0. The van der Waals surface area contributed by atoms with Crippen molar-refractivity contribution in [3.63, 3.8) is 0 Å². The van der Waals surface area contributed by atoms with Crippen LogP contribution in [-0.4, -0.2) is 64.3 Å². The molecule has 0 aromatic carbocycles. The number of thiazole rings is 1. The van der Waals surface area contributed by atoms with Gasteiger partial charge in [0.15, 0.2) is 5.13 Å². The zero-order valence-corrected chi connectivity index (χ0v) is 20.4. The van der Waals surface area contributed by atoms with E-state index in [1.807, 2.05) is 0 Å². The monoisotopic (exact) mass is 527 g/mol. The minimum absolute atomic E-state index is 0.00442. The molecule has 0 radical (unpaired) electrons. The first-order valence-corrected chi connectivity index (χ1v) is 11.8. The van der Waals surface area contributed by atoms with Gasteiger partial charge in [0.05, 0.1) is 35.4 Å². The number of carbonyl (C=O) groups is 2. The van der Waals surface area contributed by atoms with Gasteiger partial charge in [0.25, 0.3) is 5.91 Å². The van der Waals surface area contributed by atoms with E-state index in [1.165, 1.54) is 7.11 Å². The van der Waals surface area contributed by atoms with Crippen LogP contribution >= 0.6 is 34.5 Å². The molecule has 3 aromatic rings. The Morgan fingerprint density at radius 3 is 2.71 bits per heavy atom. The second-order valence-electron chi connectivity index (χ2n) is 7.63. The Morgan fingerprint density at radius 2 is 2.09 bits per heavy atom. The Balaban J connectivity index is 1.50. The number of carboxylic acids is 1. The number of amides is 1. The third kappa shape index (κ3) is 4.68. The van der Waals surface area contributed by atoms with Crippen molar-refractivity contribution in [3.05, 3.63) is 44.5 Å². The molecular weight excluding hydrogens is 508 g/mol. The van der Waals surface area contributed by atoms with Crippen molar-refractivity contribution in [1.82, 2.24) is 20.3 Å². The van der Waals surface area contributed by atoms with Gasteiger partial charge in [-0.2, -0.15) is 0 Å². The fourth-order valence-corrected chi connectivity index (χ4v) is 5.00. The number of H-pyrrole nitrogens is 1. The summed E-state index contributed by atoms with van der Waals surface area (Å²) >= 11 is 13.0. The summed E-state index contributed by atoms with van der Waals surface area (Å²) in [5, 5.41) is 13.0. The molecule has 4 rings (SSSR count). The number of aryl methyl sites for hydroxylation is 1. The predicted octanol–water partition coefficient (Wildman–Crippen LogP) is 4.20. The molecular formula is C21H20Cl2FN5O4S. The number of nitrogens with one attached hydrogen (secondary N) is 2. The van der Waals surface area contributed by atoms with Gasteiger partial charge in [-0.3, -0.25) is 4.79 Å². The van der Waals surface area contributed by atoms with Crippen molar-refractivity contribution in [2.24, 2.45) is 0 Å². The number of carboxylic acid groups (broad SMARTS) is 1. The number of piperidine rings is 1. The fourth-order valence-electron chi connectivity index (χ4n) is 3.63. The molecule has 0 unspecified atom stereocenters. The average Bonchev–Trinajstić information content (AvgIpc) is 3.38. The molecule has 3 N–H and O–H groups in total. The van der Waals surface area contributed by atoms with Gasteiger partial charge in [0.2, 0.25) is 5.88 Å². The summed E-state index contributed by atoms with van der Waals surface area (Å²) in [6.07, 6.45) is -1.13. The number of methoxy groups -OCH3 is 1. The van der Waals surface area contributed by atoms with Gasteiger partial charge >= 0.3 is 5.97 Å². The molecule has 3 aromatic heterocycles. The number of hydrogen-bond acceptors (Lipinski definition) is 7. The number of halogens is 3. The van der Waals surface area contributed by atoms with Crippen LogP contribution < -0.4 is 15.0 Å². The smallest absolute Gasteiger partial charge is 0.348 e. The molecule has 1 amide bonds. The highest BCUT2D eigenvalue weighted by molar-refractivity contribution is 7.17. The fraction of sp³-hybridized carbons (Fsp3) is 0.333. The van der Waals surface area contributed by atoms with Crippen molar-refractivity contribution in [1.29, 1.82) is 0 Å². The van der Waals surface area contributed by atoms with Crippen molar-refractivity contribution in [2.75, 3.05) is 25.1 Å². The van der Waals surface area contributed by atoms with Crippen LogP contribution in [0.15, 0.2) is 18.2 Å². The Kier molecular flexibility index (Phi) is 6.96. The third-order valence-electron chi connectivity index (χ3n) is 5.39. The lowest BCUT2D eigenvalue weighted by atomic mass is 10.0. The number of nitrogens with zero attached hydrogens (tertiary/aromatic N) is 3. The van der Waals surface area contributed by atoms with Crippen molar-refractivity contribution in [2.45, 2.75) is 25.6 Å². The largest absolute Gasteiger partial charge is 0.481 e. The predicted molar refractivity (Wildman–Crippen MR) is 127 cm³/mol. The summed E-state index contributed by atoms with van der Waals surface area (Å²) in [7, 11) is 1.46. The van der Waals surface area contributed by atoms with Gasteiger partial charge in [0, 0.05) is 18.3 Å². The Bertz CT molecular complexity index is 1250. The SMILES string of the molecule is COc1cccc(-c2nc(N3CC[C@@H](NC(=O)c4[nH]c(C)c(Cl)c4Cl)[C@@H](F)C3)sc2C(=O)O)n1. The van der Waals surface area contributed by atoms with E-state index < -0.39 is 24.1 Å². The molecule has 180 valence electrons. The second kappa shape index (κ2) is 9.77. The minimum Gasteiger partial charge on any atom is -0.481 e. The number of anilines is 1. The third-order valence-corrected chi connectivity index (χ3v) is 7.45. The van der Waals surface area contributed by atoms with Crippen LogP contribution in [-0.2, 0) is 0 Å². The molecule has 4 heterocycles. The van der Waals surface area contributed by atoms with E-state index in [0.29, 0.717) is 28.9 Å². The lowest BCUT2D eigenvalue weighted by Crippen LogP contribution is -2.52. The standard InChI is InChI=1S/C21H20Cl2FN5O4S/c1-9-14(22)15(23)17(25-9)19(30)27-11-6-7-29(8-10(11)24)21-28-16(18(34-21)20(31)32)12-4-3-5-13(26-12)33-2/h3-5,10-11,25H,6-8H2,1-2H3,(H,27,30)(H,31,32)/t10-,11+/m0/s1. The highest BCUT2D eigenvalue weighted by Crippen LogP contribution is 2.35. The summed E-state index contributed by atoms with van der Waals surface area (Å²) in [6.45, 7) is 1.97. The summed E-state index contributed by atoms with van der Waals surface area (Å²) < 4.78 is 20.1. The van der Waals surface area contributed by atoms with Gasteiger partial charge in [0.1, 0.15) is 22.4 Å². The number of hydrogen-bond donors (Lipinski definition) is 3. The number of pyridine rings is 1. The lowest BCUT2D eigenvalue weighted by Gasteiger charge is -2.34. The van der Waals surface area contributed by atoms with Crippen LogP contribution in [0.1, 0.15) is 32.3 Å². The number of aromatic nitrogens is 3. The van der Waals surface area contributed by atoms with Crippen LogP contribution in [0, 0.1) is 6.92 Å². The van der Waals surface area contributed by atoms with Crippen molar-refractivity contribution in [3.8, 4) is 17.3 Å². The van der Waals surface area contributed by atoms with E-state index in [1.54, 1.807) is 30.0 Å². The minimum atomic E-state index is -1.42. The lowest BCUT2D eigenvalue weighted by molar-refractivity contribution is 0.0702. The zero-order chi connectivity index (χ0) is 24.6.